The molecule has 0 bridgehead atoms. The fourth-order valence-corrected chi connectivity index (χ4v) is 1.93. The smallest absolute Gasteiger partial charge is 0.113 e. The van der Waals surface area contributed by atoms with Crippen LogP contribution in [0.2, 0.25) is 5.02 Å². The Morgan fingerprint density at radius 2 is 2.08 bits per heavy atom. The van der Waals surface area contributed by atoms with E-state index in [1.807, 2.05) is 12.1 Å². The summed E-state index contributed by atoms with van der Waals surface area (Å²) < 4.78 is 1.71. The van der Waals surface area contributed by atoms with E-state index in [9.17, 15) is 0 Å². The lowest BCUT2D eigenvalue weighted by atomic mass is 10.3. The maximum absolute atomic E-state index is 5.99. The molecule has 2 aromatic rings. The lowest BCUT2D eigenvalue weighted by molar-refractivity contribution is 1.10. The molecular weight excluding hydrogens is 307 g/mol. The number of hydrogen-bond acceptors (Lipinski definition) is 1. The molecule has 1 aromatic carbocycles. The zero-order valence-corrected chi connectivity index (χ0v) is 9.66. The number of hydrogen-bond donors (Lipinski definition) is 1. The lowest BCUT2D eigenvalue weighted by Crippen LogP contribution is -1.72. The van der Waals surface area contributed by atoms with Crippen molar-refractivity contribution < 1.29 is 0 Å². The van der Waals surface area contributed by atoms with Crippen LogP contribution in [-0.2, 0) is 0 Å². The fraction of sp³-hybridized carbons (Fsp3) is 0. The summed E-state index contributed by atoms with van der Waals surface area (Å²) in [6.45, 7) is 0. The summed E-state index contributed by atoms with van der Waals surface area (Å²) in [5.41, 5.74) is 0.776. The molecular formula is C7H3Br2ClN2. The first-order valence-corrected chi connectivity index (χ1v) is 5.14. The molecule has 2 nitrogen and oxygen atoms in total. The van der Waals surface area contributed by atoms with Crippen LogP contribution in [-0.4, -0.2) is 10.2 Å². The van der Waals surface area contributed by atoms with Gasteiger partial charge in [-0.15, -0.1) is 0 Å². The Hall–Kier alpha value is -0.0600. The predicted octanol–water partition coefficient (Wildman–Crippen LogP) is 3.74. The van der Waals surface area contributed by atoms with Crippen molar-refractivity contribution in [2.45, 2.75) is 0 Å². The van der Waals surface area contributed by atoms with Crippen LogP contribution in [0.1, 0.15) is 0 Å². The maximum atomic E-state index is 5.99. The Balaban J connectivity index is 2.93. The quantitative estimate of drug-likeness (QED) is 0.789. The third-order valence-corrected chi connectivity index (χ3v) is 3.45. The van der Waals surface area contributed by atoms with Gasteiger partial charge in [0.05, 0.1) is 5.02 Å². The van der Waals surface area contributed by atoms with Crippen LogP contribution in [0.3, 0.4) is 0 Å². The number of nitrogens with zero attached hydrogens (tertiary/aromatic N) is 1. The fourth-order valence-electron chi connectivity index (χ4n) is 0.992. The van der Waals surface area contributed by atoms with Crippen LogP contribution in [0, 0.1) is 0 Å². The first-order chi connectivity index (χ1) is 5.70. The Morgan fingerprint density at radius 1 is 1.33 bits per heavy atom. The van der Waals surface area contributed by atoms with Crippen LogP contribution < -0.4 is 0 Å². The van der Waals surface area contributed by atoms with Crippen LogP contribution in [0.25, 0.3) is 10.9 Å². The number of H-pyrrole nitrogens is 1. The monoisotopic (exact) mass is 308 g/mol. The van der Waals surface area contributed by atoms with E-state index in [-0.39, 0.29) is 0 Å². The van der Waals surface area contributed by atoms with E-state index < -0.39 is 0 Å². The number of benzene rings is 1. The van der Waals surface area contributed by atoms with Gasteiger partial charge >= 0.3 is 0 Å². The van der Waals surface area contributed by atoms with E-state index in [4.69, 9.17) is 11.6 Å². The molecule has 0 unspecified atom stereocenters. The second-order valence-electron chi connectivity index (χ2n) is 2.30. The van der Waals surface area contributed by atoms with Crippen molar-refractivity contribution in [2.75, 3.05) is 0 Å². The summed E-state index contributed by atoms with van der Waals surface area (Å²) in [7, 11) is 0. The third-order valence-electron chi connectivity index (χ3n) is 1.57. The number of nitrogens with one attached hydrogen (secondary N) is 1. The molecule has 1 aromatic heterocycles. The molecule has 0 saturated heterocycles. The Labute approximate surface area is 90.5 Å². The number of aromatic amines is 1. The van der Waals surface area contributed by atoms with Gasteiger partial charge in [-0.25, -0.2) is 0 Å². The van der Waals surface area contributed by atoms with Gasteiger partial charge in [0.25, 0.3) is 0 Å². The summed E-state index contributed by atoms with van der Waals surface area (Å²) >= 11 is 12.6. The molecule has 0 aliphatic heterocycles. The van der Waals surface area contributed by atoms with E-state index >= 15 is 0 Å². The SMILES string of the molecule is Clc1c(Br)ccc2c(Br)[nH]nc12. The highest BCUT2D eigenvalue weighted by Gasteiger charge is 2.08. The van der Waals surface area contributed by atoms with Crippen molar-refractivity contribution in [3.63, 3.8) is 0 Å². The van der Waals surface area contributed by atoms with Gasteiger partial charge in [0.1, 0.15) is 10.1 Å². The molecule has 12 heavy (non-hydrogen) atoms. The molecule has 0 spiro atoms. The van der Waals surface area contributed by atoms with Gasteiger partial charge < -0.3 is 0 Å². The largest absolute Gasteiger partial charge is 0.270 e. The van der Waals surface area contributed by atoms with Crippen LogP contribution in [0.15, 0.2) is 21.2 Å². The van der Waals surface area contributed by atoms with Crippen molar-refractivity contribution >= 4 is 54.4 Å². The first kappa shape index (κ1) is 8.53. The molecule has 0 radical (unpaired) electrons. The number of halogens is 3. The Bertz CT molecular complexity index is 438. The van der Waals surface area contributed by atoms with E-state index in [2.05, 4.69) is 42.1 Å². The van der Waals surface area contributed by atoms with Crippen molar-refractivity contribution in [1.82, 2.24) is 10.2 Å². The molecule has 0 aliphatic carbocycles. The molecule has 0 atom stereocenters. The maximum Gasteiger partial charge on any atom is 0.113 e. The second kappa shape index (κ2) is 3.01. The zero-order valence-electron chi connectivity index (χ0n) is 5.74. The van der Waals surface area contributed by atoms with Crippen LogP contribution >= 0.6 is 43.5 Å². The normalized spacial score (nSPS) is 10.9. The summed E-state index contributed by atoms with van der Waals surface area (Å²) in [6.07, 6.45) is 0. The number of rotatable bonds is 0. The Morgan fingerprint density at radius 3 is 2.83 bits per heavy atom. The van der Waals surface area contributed by atoms with Gasteiger partial charge in [-0.3, -0.25) is 5.10 Å². The molecule has 2 rings (SSSR count). The summed E-state index contributed by atoms with van der Waals surface area (Å²) in [6, 6.07) is 3.84. The van der Waals surface area contributed by atoms with E-state index in [0.717, 1.165) is 20.0 Å². The van der Waals surface area contributed by atoms with Crippen molar-refractivity contribution in [3.05, 3.63) is 26.2 Å². The first-order valence-electron chi connectivity index (χ1n) is 3.17. The van der Waals surface area contributed by atoms with Gasteiger partial charge in [0.15, 0.2) is 0 Å². The van der Waals surface area contributed by atoms with Crippen LogP contribution in [0.5, 0.6) is 0 Å². The zero-order chi connectivity index (χ0) is 8.72. The molecule has 0 amide bonds. The van der Waals surface area contributed by atoms with E-state index in [1.165, 1.54) is 0 Å². The number of aromatic nitrogens is 2. The van der Waals surface area contributed by atoms with Gasteiger partial charge in [-0.1, -0.05) is 11.6 Å². The number of fused-ring (bicyclic) bond motifs is 1. The van der Waals surface area contributed by atoms with Gasteiger partial charge in [0, 0.05) is 9.86 Å². The summed E-state index contributed by atoms with van der Waals surface area (Å²) in [4.78, 5) is 0. The average molecular weight is 310 g/mol. The minimum Gasteiger partial charge on any atom is -0.270 e. The van der Waals surface area contributed by atoms with Crippen molar-refractivity contribution in [2.24, 2.45) is 0 Å². The Kier molecular flexibility index (Phi) is 2.14. The molecule has 1 N–H and O–H groups in total. The second-order valence-corrected chi connectivity index (χ2v) is 4.32. The van der Waals surface area contributed by atoms with Crippen molar-refractivity contribution in [3.8, 4) is 0 Å². The molecule has 1 heterocycles. The predicted molar refractivity (Wildman–Crippen MR) is 56.5 cm³/mol. The minimum absolute atomic E-state index is 0.634. The highest BCUT2D eigenvalue weighted by Crippen LogP contribution is 2.32. The highest BCUT2D eigenvalue weighted by molar-refractivity contribution is 9.11. The molecule has 5 heteroatoms. The van der Waals surface area contributed by atoms with Gasteiger partial charge in [-0.05, 0) is 44.0 Å². The minimum atomic E-state index is 0.634. The molecule has 0 fully saturated rings. The standard InChI is InChI=1S/C7H3Br2ClN2/c8-4-2-1-3-6(5(4)10)11-12-7(3)9/h1-2H,(H,11,12). The van der Waals surface area contributed by atoms with Gasteiger partial charge in [0.2, 0.25) is 0 Å². The summed E-state index contributed by atoms with van der Waals surface area (Å²) in [5.74, 6) is 0. The molecule has 0 aliphatic rings. The topological polar surface area (TPSA) is 28.7 Å². The molecule has 62 valence electrons. The van der Waals surface area contributed by atoms with E-state index in [0.29, 0.717) is 5.02 Å². The molecule has 0 saturated carbocycles. The third kappa shape index (κ3) is 1.18. The van der Waals surface area contributed by atoms with Crippen molar-refractivity contribution in [1.29, 1.82) is 0 Å². The highest BCUT2D eigenvalue weighted by atomic mass is 79.9. The van der Waals surface area contributed by atoms with E-state index in [1.54, 1.807) is 0 Å². The van der Waals surface area contributed by atoms with Crippen LogP contribution in [0.4, 0.5) is 0 Å². The summed E-state index contributed by atoms with van der Waals surface area (Å²) in [5, 5.41) is 8.47. The lowest BCUT2D eigenvalue weighted by Gasteiger charge is -1.94. The average Bonchev–Trinajstić information content (AvgIpc) is 2.41. The van der Waals surface area contributed by atoms with Gasteiger partial charge in [-0.2, -0.15) is 5.10 Å².